The molecule has 0 atom stereocenters. The van der Waals surface area contributed by atoms with Gasteiger partial charge in [0.05, 0.1) is 10.6 Å². The molecule has 0 aliphatic rings. The van der Waals surface area contributed by atoms with Crippen molar-refractivity contribution in [2.45, 2.75) is 45.6 Å². The quantitative estimate of drug-likeness (QED) is 0.840. The number of anilines is 1. The van der Waals surface area contributed by atoms with Crippen molar-refractivity contribution in [2.75, 3.05) is 12.4 Å². The van der Waals surface area contributed by atoms with E-state index in [0.29, 0.717) is 16.4 Å². The van der Waals surface area contributed by atoms with E-state index < -0.39 is 0 Å². The highest BCUT2D eigenvalue weighted by atomic mass is 35.5. The Labute approximate surface area is 120 Å². The fraction of sp³-hybridized carbons (Fsp3) is 0.571. The lowest BCUT2D eigenvalue weighted by Gasteiger charge is -2.31. The number of halogens is 1. The van der Waals surface area contributed by atoms with Crippen LogP contribution in [0.4, 0.5) is 5.82 Å². The summed E-state index contributed by atoms with van der Waals surface area (Å²) in [6.07, 6.45) is 4.25. The zero-order valence-corrected chi connectivity index (χ0v) is 12.8. The van der Waals surface area contributed by atoms with E-state index in [9.17, 15) is 4.79 Å². The average Bonchev–Trinajstić information content (AvgIpc) is 2.44. The van der Waals surface area contributed by atoms with Crippen LogP contribution in [-0.4, -0.2) is 23.5 Å². The third-order valence-corrected chi connectivity index (χ3v) is 4.04. The number of carbonyl (C=O) groups excluding carboxylic acids is 1. The van der Waals surface area contributed by atoms with Crippen molar-refractivity contribution in [3.05, 3.63) is 22.8 Å². The van der Waals surface area contributed by atoms with Crippen LogP contribution in [0.1, 0.15) is 50.4 Å². The minimum atomic E-state index is -0.148. The number of aromatic nitrogens is 1. The zero-order valence-electron chi connectivity index (χ0n) is 12.0. The summed E-state index contributed by atoms with van der Waals surface area (Å²) in [4.78, 5) is 16.4. The maximum atomic E-state index is 12.3. The van der Waals surface area contributed by atoms with Crippen LogP contribution in [0.3, 0.4) is 0 Å². The number of nitrogens with zero attached hydrogens (tertiary/aromatic N) is 1. The smallest absolute Gasteiger partial charge is 0.253 e. The second-order valence-electron chi connectivity index (χ2n) is 4.60. The van der Waals surface area contributed by atoms with Gasteiger partial charge in [0, 0.05) is 18.8 Å². The lowest BCUT2D eigenvalue weighted by Crippen LogP contribution is -2.47. The van der Waals surface area contributed by atoms with Gasteiger partial charge in [0.2, 0.25) is 0 Å². The molecule has 1 heterocycles. The normalized spacial score (nSPS) is 11.2. The van der Waals surface area contributed by atoms with Crippen LogP contribution in [0.5, 0.6) is 0 Å². The summed E-state index contributed by atoms with van der Waals surface area (Å²) >= 11 is 6.04. The Morgan fingerprint density at radius 3 is 2.32 bits per heavy atom. The Balaban J connectivity index is 2.92. The second kappa shape index (κ2) is 6.75. The predicted molar refractivity (Wildman–Crippen MR) is 79.9 cm³/mol. The second-order valence-corrected chi connectivity index (χ2v) is 5.01. The third kappa shape index (κ3) is 3.60. The first kappa shape index (κ1) is 15.8. The highest BCUT2D eigenvalue weighted by Crippen LogP contribution is 2.22. The largest absolute Gasteiger partial charge is 0.372 e. The van der Waals surface area contributed by atoms with Crippen molar-refractivity contribution in [3.63, 3.8) is 0 Å². The summed E-state index contributed by atoms with van der Waals surface area (Å²) in [5, 5.41) is 6.42. The molecule has 1 aromatic rings. The van der Waals surface area contributed by atoms with E-state index in [1.54, 1.807) is 19.3 Å². The van der Waals surface area contributed by atoms with E-state index in [-0.39, 0.29) is 11.4 Å². The highest BCUT2D eigenvalue weighted by molar-refractivity contribution is 6.33. The molecule has 0 unspecified atom stereocenters. The summed E-state index contributed by atoms with van der Waals surface area (Å²) in [5.74, 6) is 0.452. The van der Waals surface area contributed by atoms with E-state index in [1.807, 2.05) is 0 Å². The summed E-state index contributed by atoms with van der Waals surface area (Å²) in [6.45, 7) is 6.26. The number of pyridine rings is 1. The van der Waals surface area contributed by atoms with Gasteiger partial charge in [-0.25, -0.2) is 4.98 Å². The predicted octanol–water partition coefficient (Wildman–Crippen LogP) is 3.48. The van der Waals surface area contributed by atoms with E-state index in [2.05, 4.69) is 36.4 Å². The standard InChI is InChI=1S/C14H22ClN3O/c1-5-14(6-2,7-3)18-13(19)10-8-11(15)12(16-4)17-9-10/h8-9H,5-7H2,1-4H3,(H,16,17)(H,18,19). The fourth-order valence-corrected chi connectivity index (χ4v) is 2.34. The number of nitrogens with one attached hydrogen (secondary N) is 2. The van der Waals surface area contributed by atoms with Gasteiger partial charge >= 0.3 is 0 Å². The summed E-state index contributed by atoms with van der Waals surface area (Å²) in [6, 6.07) is 1.64. The average molecular weight is 284 g/mol. The van der Waals surface area contributed by atoms with Gasteiger partial charge in [-0.15, -0.1) is 0 Å². The minimum absolute atomic E-state index is 0.123. The summed E-state index contributed by atoms with van der Waals surface area (Å²) in [7, 11) is 1.74. The lowest BCUT2D eigenvalue weighted by molar-refractivity contribution is 0.0888. The van der Waals surface area contributed by atoms with E-state index in [0.717, 1.165) is 19.3 Å². The van der Waals surface area contributed by atoms with E-state index in [1.165, 1.54) is 0 Å². The molecule has 0 saturated heterocycles. The summed E-state index contributed by atoms with van der Waals surface area (Å²) in [5.41, 5.74) is 0.342. The molecule has 1 rings (SSSR count). The Bertz CT molecular complexity index is 436. The van der Waals surface area contributed by atoms with Crippen LogP contribution >= 0.6 is 11.6 Å². The number of hydrogen-bond donors (Lipinski definition) is 2. The molecule has 106 valence electrons. The molecule has 0 aliphatic heterocycles. The van der Waals surface area contributed by atoms with Crippen LogP contribution in [0, 0.1) is 0 Å². The molecule has 0 spiro atoms. The van der Waals surface area contributed by atoms with Crippen molar-refractivity contribution in [1.82, 2.24) is 10.3 Å². The Hall–Kier alpha value is -1.29. The summed E-state index contributed by atoms with van der Waals surface area (Å²) < 4.78 is 0. The third-order valence-electron chi connectivity index (χ3n) is 3.75. The van der Waals surface area contributed by atoms with E-state index in [4.69, 9.17) is 11.6 Å². The Morgan fingerprint density at radius 1 is 1.32 bits per heavy atom. The maximum Gasteiger partial charge on any atom is 0.253 e. The molecule has 0 fully saturated rings. The molecule has 19 heavy (non-hydrogen) atoms. The van der Waals surface area contributed by atoms with Gasteiger partial charge in [0.15, 0.2) is 0 Å². The first-order valence-corrected chi connectivity index (χ1v) is 7.05. The SMILES string of the molecule is CCC(CC)(CC)NC(=O)c1cnc(NC)c(Cl)c1. The topological polar surface area (TPSA) is 54.0 Å². The van der Waals surface area contributed by atoms with Crippen LogP contribution in [0.2, 0.25) is 5.02 Å². The molecule has 2 N–H and O–H groups in total. The molecular weight excluding hydrogens is 262 g/mol. The van der Waals surface area contributed by atoms with Crippen LogP contribution in [-0.2, 0) is 0 Å². The highest BCUT2D eigenvalue weighted by Gasteiger charge is 2.26. The van der Waals surface area contributed by atoms with Gasteiger partial charge in [-0.3, -0.25) is 4.79 Å². The number of hydrogen-bond acceptors (Lipinski definition) is 3. The molecule has 0 aromatic carbocycles. The molecule has 0 aliphatic carbocycles. The van der Waals surface area contributed by atoms with Crippen LogP contribution in [0.15, 0.2) is 12.3 Å². The molecule has 0 radical (unpaired) electrons. The Kier molecular flexibility index (Phi) is 5.60. The molecule has 4 nitrogen and oxygen atoms in total. The van der Waals surface area contributed by atoms with Crippen molar-refractivity contribution in [3.8, 4) is 0 Å². The van der Waals surface area contributed by atoms with Crippen molar-refractivity contribution in [2.24, 2.45) is 0 Å². The first-order chi connectivity index (χ1) is 9.01. The van der Waals surface area contributed by atoms with E-state index >= 15 is 0 Å². The van der Waals surface area contributed by atoms with Gasteiger partial charge in [-0.05, 0) is 25.3 Å². The lowest BCUT2D eigenvalue weighted by atomic mass is 9.89. The molecule has 0 saturated carbocycles. The first-order valence-electron chi connectivity index (χ1n) is 6.67. The molecule has 1 aromatic heterocycles. The van der Waals surface area contributed by atoms with Gasteiger partial charge < -0.3 is 10.6 Å². The van der Waals surface area contributed by atoms with Gasteiger partial charge in [-0.2, -0.15) is 0 Å². The van der Waals surface area contributed by atoms with Gasteiger partial charge in [0.25, 0.3) is 5.91 Å². The zero-order chi connectivity index (χ0) is 14.5. The van der Waals surface area contributed by atoms with Gasteiger partial charge in [-0.1, -0.05) is 32.4 Å². The fourth-order valence-electron chi connectivity index (χ4n) is 2.07. The van der Waals surface area contributed by atoms with Crippen LogP contribution < -0.4 is 10.6 Å². The monoisotopic (exact) mass is 283 g/mol. The van der Waals surface area contributed by atoms with Crippen molar-refractivity contribution in [1.29, 1.82) is 0 Å². The van der Waals surface area contributed by atoms with Crippen LogP contribution in [0.25, 0.3) is 0 Å². The van der Waals surface area contributed by atoms with Gasteiger partial charge in [0.1, 0.15) is 5.82 Å². The Morgan fingerprint density at radius 2 is 1.89 bits per heavy atom. The molecule has 0 bridgehead atoms. The van der Waals surface area contributed by atoms with Crippen molar-refractivity contribution < 1.29 is 4.79 Å². The van der Waals surface area contributed by atoms with Crippen molar-refractivity contribution >= 4 is 23.3 Å². The number of amides is 1. The molecular formula is C14H22ClN3O. The number of carbonyl (C=O) groups is 1. The number of rotatable bonds is 6. The molecule has 1 amide bonds. The minimum Gasteiger partial charge on any atom is -0.372 e. The maximum absolute atomic E-state index is 12.3. The molecule has 5 heteroatoms.